The fourth-order valence-corrected chi connectivity index (χ4v) is 3.16. The normalized spacial score (nSPS) is 26.3. The fraction of sp³-hybridized carbons (Fsp3) is 0.571. The van der Waals surface area contributed by atoms with Gasteiger partial charge in [0, 0.05) is 17.8 Å². The molecule has 5 nitrogen and oxygen atoms in total. The first-order chi connectivity index (χ1) is 9.15. The summed E-state index contributed by atoms with van der Waals surface area (Å²) < 4.78 is 5.83. The van der Waals surface area contributed by atoms with Crippen LogP contribution in [-0.4, -0.2) is 36.1 Å². The molecule has 3 rings (SSSR count). The van der Waals surface area contributed by atoms with E-state index in [1.165, 1.54) is 6.42 Å². The SMILES string of the molecule is Cc1cc(C(=N)N)cc(N2CCOC3CCCC32)n1. The van der Waals surface area contributed by atoms with Gasteiger partial charge in [0.2, 0.25) is 0 Å². The van der Waals surface area contributed by atoms with Gasteiger partial charge in [0.1, 0.15) is 11.7 Å². The molecule has 1 aromatic rings. The van der Waals surface area contributed by atoms with Gasteiger partial charge in [-0.3, -0.25) is 5.41 Å². The number of nitrogens with two attached hydrogens (primary N) is 1. The largest absolute Gasteiger partial charge is 0.384 e. The van der Waals surface area contributed by atoms with Crippen LogP contribution in [0.2, 0.25) is 0 Å². The van der Waals surface area contributed by atoms with Crippen molar-refractivity contribution in [3.8, 4) is 0 Å². The number of aryl methyl sites for hydroxylation is 1. The van der Waals surface area contributed by atoms with Gasteiger partial charge in [0.15, 0.2) is 0 Å². The number of pyridine rings is 1. The lowest BCUT2D eigenvalue weighted by atomic mass is 10.1. The van der Waals surface area contributed by atoms with Gasteiger partial charge in [0.05, 0.1) is 18.8 Å². The van der Waals surface area contributed by atoms with Crippen LogP contribution in [0.1, 0.15) is 30.5 Å². The summed E-state index contributed by atoms with van der Waals surface area (Å²) in [6.07, 6.45) is 3.87. The van der Waals surface area contributed by atoms with E-state index in [0.717, 1.165) is 43.1 Å². The predicted molar refractivity (Wildman–Crippen MR) is 74.7 cm³/mol. The van der Waals surface area contributed by atoms with Gasteiger partial charge in [-0.05, 0) is 38.3 Å². The van der Waals surface area contributed by atoms with Crippen molar-refractivity contribution >= 4 is 11.7 Å². The zero-order valence-corrected chi connectivity index (χ0v) is 11.2. The van der Waals surface area contributed by atoms with Crippen molar-refractivity contribution in [2.75, 3.05) is 18.1 Å². The number of hydrogen-bond donors (Lipinski definition) is 2. The number of rotatable bonds is 2. The Hall–Kier alpha value is -1.62. The van der Waals surface area contributed by atoms with E-state index in [4.69, 9.17) is 15.9 Å². The number of aromatic nitrogens is 1. The lowest BCUT2D eigenvalue weighted by Crippen LogP contribution is -2.49. The number of amidine groups is 1. The molecule has 2 unspecified atom stereocenters. The maximum Gasteiger partial charge on any atom is 0.129 e. The number of ether oxygens (including phenoxy) is 1. The third kappa shape index (κ3) is 2.30. The molecule has 2 atom stereocenters. The molecule has 102 valence electrons. The summed E-state index contributed by atoms with van der Waals surface area (Å²) in [6, 6.07) is 4.22. The highest BCUT2D eigenvalue weighted by molar-refractivity contribution is 5.95. The molecule has 0 bridgehead atoms. The molecule has 2 heterocycles. The van der Waals surface area contributed by atoms with Crippen LogP contribution in [0.4, 0.5) is 5.82 Å². The van der Waals surface area contributed by atoms with Crippen molar-refractivity contribution in [3.63, 3.8) is 0 Å². The average molecular weight is 260 g/mol. The number of fused-ring (bicyclic) bond motifs is 1. The summed E-state index contributed by atoms with van der Waals surface area (Å²) in [5, 5.41) is 7.60. The van der Waals surface area contributed by atoms with Gasteiger partial charge in [-0.15, -0.1) is 0 Å². The molecule has 5 heteroatoms. The highest BCUT2D eigenvalue weighted by Crippen LogP contribution is 2.32. The lowest BCUT2D eigenvalue weighted by Gasteiger charge is -2.38. The van der Waals surface area contributed by atoms with Gasteiger partial charge in [-0.25, -0.2) is 4.98 Å². The Balaban J connectivity index is 1.94. The molecule has 0 radical (unpaired) electrons. The summed E-state index contributed by atoms with van der Waals surface area (Å²) in [5.74, 6) is 1.04. The van der Waals surface area contributed by atoms with Crippen molar-refractivity contribution in [1.29, 1.82) is 5.41 Å². The van der Waals surface area contributed by atoms with Gasteiger partial charge >= 0.3 is 0 Å². The van der Waals surface area contributed by atoms with E-state index < -0.39 is 0 Å². The molecule has 19 heavy (non-hydrogen) atoms. The maximum absolute atomic E-state index is 7.60. The van der Waals surface area contributed by atoms with E-state index in [1.54, 1.807) is 0 Å². The third-order valence-electron chi connectivity index (χ3n) is 4.03. The third-order valence-corrected chi connectivity index (χ3v) is 4.03. The molecule has 0 amide bonds. The summed E-state index contributed by atoms with van der Waals surface area (Å²) in [7, 11) is 0. The topological polar surface area (TPSA) is 75.2 Å². The Morgan fingerprint density at radius 2 is 2.32 bits per heavy atom. The Morgan fingerprint density at radius 3 is 3.11 bits per heavy atom. The Bertz CT molecular complexity index is 502. The van der Waals surface area contributed by atoms with Crippen LogP contribution < -0.4 is 10.6 Å². The average Bonchev–Trinajstić information content (AvgIpc) is 2.85. The zero-order valence-electron chi connectivity index (χ0n) is 11.2. The number of nitrogens with zero attached hydrogens (tertiary/aromatic N) is 2. The van der Waals surface area contributed by atoms with Crippen LogP contribution in [0.5, 0.6) is 0 Å². The Kier molecular flexibility index (Phi) is 3.14. The molecule has 1 aliphatic carbocycles. The highest BCUT2D eigenvalue weighted by Gasteiger charge is 2.36. The smallest absolute Gasteiger partial charge is 0.129 e. The van der Waals surface area contributed by atoms with Gasteiger partial charge in [0.25, 0.3) is 0 Å². The Morgan fingerprint density at radius 1 is 1.47 bits per heavy atom. The molecule has 0 aromatic carbocycles. The van der Waals surface area contributed by atoms with Crippen LogP contribution in [-0.2, 0) is 4.74 Å². The number of hydrogen-bond acceptors (Lipinski definition) is 4. The molecule has 3 N–H and O–H groups in total. The standard InChI is InChI=1S/C14H20N4O/c1-9-7-10(14(15)16)8-13(17-9)18-5-6-19-12-4-2-3-11(12)18/h7-8,11-12H,2-6H2,1H3,(H3,15,16). The molecule has 1 aromatic heterocycles. The first kappa shape index (κ1) is 12.4. The van der Waals surface area contributed by atoms with Crippen molar-refractivity contribution < 1.29 is 4.74 Å². The number of nitrogens with one attached hydrogen (secondary N) is 1. The van der Waals surface area contributed by atoms with Crippen LogP contribution in [0.25, 0.3) is 0 Å². The van der Waals surface area contributed by atoms with E-state index >= 15 is 0 Å². The van der Waals surface area contributed by atoms with Gasteiger partial charge in [-0.1, -0.05) is 0 Å². The number of nitrogen functional groups attached to an aromatic ring is 1. The first-order valence-electron chi connectivity index (χ1n) is 6.86. The molecule has 2 aliphatic rings. The Labute approximate surface area is 113 Å². The lowest BCUT2D eigenvalue weighted by molar-refractivity contribution is 0.0253. The second-order valence-corrected chi connectivity index (χ2v) is 5.37. The number of morpholine rings is 1. The van der Waals surface area contributed by atoms with E-state index in [-0.39, 0.29) is 5.84 Å². The molecule has 0 spiro atoms. The molecule has 1 saturated heterocycles. The van der Waals surface area contributed by atoms with Crippen molar-refractivity contribution in [3.05, 3.63) is 23.4 Å². The van der Waals surface area contributed by atoms with E-state index in [9.17, 15) is 0 Å². The first-order valence-corrected chi connectivity index (χ1v) is 6.86. The van der Waals surface area contributed by atoms with E-state index in [0.29, 0.717) is 12.1 Å². The van der Waals surface area contributed by atoms with Crippen molar-refractivity contribution in [1.82, 2.24) is 4.98 Å². The van der Waals surface area contributed by atoms with Crippen molar-refractivity contribution in [2.24, 2.45) is 5.73 Å². The second-order valence-electron chi connectivity index (χ2n) is 5.37. The van der Waals surface area contributed by atoms with Crippen LogP contribution in [0.3, 0.4) is 0 Å². The van der Waals surface area contributed by atoms with Crippen molar-refractivity contribution in [2.45, 2.75) is 38.3 Å². The molecule has 2 fully saturated rings. The summed E-state index contributed by atoms with van der Waals surface area (Å²) >= 11 is 0. The molecular formula is C14H20N4O. The minimum atomic E-state index is 0.1000. The van der Waals surface area contributed by atoms with Crippen LogP contribution in [0, 0.1) is 12.3 Å². The molecule has 1 saturated carbocycles. The minimum absolute atomic E-state index is 0.1000. The van der Waals surface area contributed by atoms with E-state index in [1.807, 2.05) is 19.1 Å². The second kappa shape index (κ2) is 4.81. The summed E-state index contributed by atoms with van der Waals surface area (Å²) in [4.78, 5) is 6.95. The fourth-order valence-electron chi connectivity index (χ4n) is 3.16. The molecular weight excluding hydrogens is 240 g/mol. The number of anilines is 1. The quantitative estimate of drug-likeness (QED) is 0.623. The van der Waals surface area contributed by atoms with Crippen LogP contribution in [0.15, 0.2) is 12.1 Å². The molecule has 1 aliphatic heterocycles. The van der Waals surface area contributed by atoms with Gasteiger partial charge < -0.3 is 15.4 Å². The van der Waals surface area contributed by atoms with E-state index in [2.05, 4.69) is 9.88 Å². The zero-order chi connectivity index (χ0) is 13.4. The van der Waals surface area contributed by atoms with Gasteiger partial charge in [-0.2, -0.15) is 0 Å². The predicted octanol–water partition coefficient (Wildman–Crippen LogP) is 1.43. The monoisotopic (exact) mass is 260 g/mol. The minimum Gasteiger partial charge on any atom is -0.384 e. The summed E-state index contributed by atoms with van der Waals surface area (Å²) in [5.41, 5.74) is 7.26. The highest BCUT2D eigenvalue weighted by atomic mass is 16.5. The maximum atomic E-state index is 7.60. The van der Waals surface area contributed by atoms with Crippen LogP contribution >= 0.6 is 0 Å². The summed E-state index contributed by atoms with van der Waals surface area (Å²) in [6.45, 7) is 3.57.